The Morgan fingerprint density at radius 3 is 2.57 bits per heavy atom. The van der Waals surface area contributed by atoms with Crippen LogP contribution in [0.2, 0.25) is 0 Å². The fraction of sp³-hybridized carbons (Fsp3) is 0.267. The van der Waals surface area contributed by atoms with Gasteiger partial charge in [-0.25, -0.2) is 4.98 Å². The molecule has 1 fully saturated rings. The topological polar surface area (TPSA) is 56.1 Å². The van der Waals surface area contributed by atoms with Crippen molar-refractivity contribution in [3.05, 3.63) is 46.8 Å². The van der Waals surface area contributed by atoms with Crippen LogP contribution in [-0.2, 0) is 0 Å². The Labute approximate surface area is 132 Å². The molecule has 21 heavy (non-hydrogen) atoms. The molecule has 3 heterocycles. The van der Waals surface area contributed by atoms with E-state index in [9.17, 15) is 0 Å². The Balaban J connectivity index is 1.69. The van der Waals surface area contributed by atoms with Crippen molar-refractivity contribution < 1.29 is 0 Å². The van der Waals surface area contributed by atoms with Crippen molar-refractivity contribution in [3.8, 4) is 6.07 Å². The number of anilines is 2. The molecule has 5 nitrogen and oxygen atoms in total. The van der Waals surface area contributed by atoms with Gasteiger partial charge in [-0.1, -0.05) is 0 Å². The summed E-state index contributed by atoms with van der Waals surface area (Å²) in [5.41, 5.74) is 1.78. The summed E-state index contributed by atoms with van der Waals surface area (Å²) in [5.74, 6) is 0.876. The minimum atomic E-state index is 0.651. The van der Waals surface area contributed by atoms with Crippen LogP contribution in [0.4, 0.5) is 11.5 Å². The molecule has 6 heteroatoms. The van der Waals surface area contributed by atoms with E-state index in [1.807, 2.05) is 12.3 Å². The third-order valence-corrected chi connectivity index (χ3v) is 3.97. The highest BCUT2D eigenvalue weighted by Crippen LogP contribution is 2.21. The predicted molar refractivity (Wildman–Crippen MR) is 85.3 cm³/mol. The Morgan fingerprint density at radius 1 is 1.10 bits per heavy atom. The van der Waals surface area contributed by atoms with E-state index >= 15 is 0 Å². The minimum absolute atomic E-state index is 0.651. The summed E-state index contributed by atoms with van der Waals surface area (Å²) in [5, 5.41) is 8.96. The third kappa shape index (κ3) is 3.14. The van der Waals surface area contributed by atoms with E-state index < -0.39 is 0 Å². The maximum absolute atomic E-state index is 8.96. The lowest BCUT2D eigenvalue weighted by Crippen LogP contribution is -2.46. The van der Waals surface area contributed by atoms with Crippen LogP contribution >= 0.6 is 15.9 Å². The monoisotopic (exact) mass is 343 g/mol. The molecule has 2 aromatic heterocycles. The second kappa shape index (κ2) is 6.10. The van der Waals surface area contributed by atoms with Gasteiger partial charge in [0.2, 0.25) is 0 Å². The van der Waals surface area contributed by atoms with Gasteiger partial charge in [0, 0.05) is 43.0 Å². The number of rotatable bonds is 2. The van der Waals surface area contributed by atoms with Gasteiger partial charge in [0.1, 0.15) is 5.82 Å². The second-order valence-corrected chi connectivity index (χ2v) is 5.77. The van der Waals surface area contributed by atoms with Crippen molar-refractivity contribution in [2.24, 2.45) is 0 Å². The largest absolute Gasteiger partial charge is 0.367 e. The zero-order chi connectivity index (χ0) is 14.7. The maximum Gasteiger partial charge on any atom is 0.129 e. The Kier molecular flexibility index (Phi) is 4.02. The van der Waals surface area contributed by atoms with E-state index in [1.54, 1.807) is 18.5 Å². The highest BCUT2D eigenvalue weighted by atomic mass is 79.9. The third-order valence-electron chi connectivity index (χ3n) is 3.53. The van der Waals surface area contributed by atoms with Crippen molar-refractivity contribution in [1.29, 1.82) is 5.26 Å². The van der Waals surface area contributed by atoms with E-state index in [-0.39, 0.29) is 0 Å². The summed E-state index contributed by atoms with van der Waals surface area (Å²) in [7, 11) is 0. The van der Waals surface area contributed by atoms with Gasteiger partial charge >= 0.3 is 0 Å². The number of nitrogens with zero attached hydrogens (tertiary/aromatic N) is 5. The van der Waals surface area contributed by atoms with Crippen LogP contribution in [0.1, 0.15) is 5.56 Å². The van der Waals surface area contributed by atoms with Crippen LogP contribution in [0.5, 0.6) is 0 Å². The summed E-state index contributed by atoms with van der Waals surface area (Å²) < 4.78 is 0.991. The number of aromatic nitrogens is 2. The van der Waals surface area contributed by atoms with E-state index in [0.29, 0.717) is 5.56 Å². The van der Waals surface area contributed by atoms with Crippen molar-refractivity contribution in [2.75, 3.05) is 36.0 Å². The fourth-order valence-electron chi connectivity index (χ4n) is 2.43. The molecule has 0 bridgehead atoms. The maximum atomic E-state index is 8.96. The average molecular weight is 344 g/mol. The molecule has 1 saturated heterocycles. The molecule has 1 aliphatic heterocycles. The standard InChI is InChI=1S/C15H14BrN5/c16-13-8-14(11-18-10-13)20-3-5-21(6-4-20)15-7-12(9-17)1-2-19-15/h1-2,7-8,10-11H,3-6H2. The smallest absolute Gasteiger partial charge is 0.129 e. The molecular weight excluding hydrogens is 330 g/mol. The summed E-state index contributed by atoms with van der Waals surface area (Å²) in [6.45, 7) is 3.59. The molecule has 0 saturated carbocycles. The van der Waals surface area contributed by atoms with Crippen LogP contribution in [0.3, 0.4) is 0 Å². The van der Waals surface area contributed by atoms with Crippen molar-refractivity contribution in [1.82, 2.24) is 9.97 Å². The number of hydrogen-bond acceptors (Lipinski definition) is 5. The van der Waals surface area contributed by atoms with Gasteiger partial charge in [-0.3, -0.25) is 4.98 Å². The van der Waals surface area contributed by atoms with Gasteiger partial charge < -0.3 is 9.80 Å². The minimum Gasteiger partial charge on any atom is -0.367 e. The van der Waals surface area contributed by atoms with Crippen molar-refractivity contribution >= 4 is 27.4 Å². The summed E-state index contributed by atoms with van der Waals surface area (Å²) >= 11 is 3.45. The predicted octanol–water partition coefficient (Wildman–Crippen LogP) is 2.44. The molecule has 0 amide bonds. The van der Waals surface area contributed by atoms with Crippen LogP contribution in [-0.4, -0.2) is 36.1 Å². The molecule has 0 atom stereocenters. The number of hydrogen-bond donors (Lipinski definition) is 0. The van der Waals surface area contributed by atoms with Gasteiger partial charge in [-0.2, -0.15) is 5.26 Å². The molecule has 0 aromatic carbocycles. The van der Waals surface area contributed by atoms with E-state index in [0.717, 1.165) is 42.2 Å². The van der Waals surface area contributed by atoms with Gasteiger partial charge in [0.25, 0.3) is 0 Å². The molecule has 0 N–H and O–H groups in total. The lowest BCUT2D eigenvalue weighted by molar-refractivity contribution is 0.646. The van der Waals surface area contributed by atoms with E-state index in [1.165, 1.54) is 0 Å². The van der Waals surface area contributed by atoms with Gasteiger partial charge in [-0.15, -0.1) is 0 Å². The van der Waals surface area contributed by atoms with Crippen LogP contribution in [0.25, 0.3) is 0 Å². The summed E-state index contributed by atoms with van der Waals surface area (Å²) in [4.78, 5) is 13.1. The Bertz CT molecular complexity index is 674. The lowest BCUT2D eigenvalue weighted by Gasteiger charge is -2.36. The van der Waals surface area contributed by atoms with Gasteiger partial charge in [0.05, 0.1) is 23.5 Å². The number of pyridine rings is 2. The van der Waals surface area contributed by atoms with Crippen molar-refractivity contribution in [2.45, 2.75) is 0 Å². The average Bonchev–Trinajstić information content (AvgIpc) is 2.55. The highest BCUT2D eigenvalue weighted by Gasteiger charge is 2.18. The van der Waals surface area contributed by atoms with Gasteiger partial charge in [-0.05, 0) is 34.1 Å². The first-order chi connectivity index (χ1) is 10.3. The second-order valence-electron chi connectivity index (χ2n) is 4.85. The first kappa shape index (κ1) is 13.8. The van der Waals surface area contributed by atoms with E-state index in [2.05, 4.69) is 47.8 Å². The van der Waals surface area contributed by atoms with E-state index in [4.69, 9.17) is 5.26 Å². The zero-order valence-electron chi connectivity index (χ0n) is 11.4. The molecular formula is C15H14BrN5. The summed E-state index contributed by atoms with van der Waals surface area (Å²) in [6, 6.07) is 7.81. The number of halogens is 1. The molecule has 3 rings (SSSR count). The molecule has 0 spiro atoms. The zero-order valence-corrected chi connectivity index (χ0v) is 13.0. The van der Waals surface area contributed by atoms with Crippen molar-refractivity contribution in [3.63, 3.8) is 0 Å². The highest BCUT2D eigenvalue weighted by molar-refractivity contribution is 9.10. The molecule has 2 aromatic rings. The molecule has 0 radical (unpaired) electrons. The Morgan fingerprint density at radius 2 is 1.86 bits per heavy atom. The summed E-state index contributed by atoms with van der Waals surface area (Å²) in [6.07, 6.45) is 5.37. The lowest BCUT2D eigenvalue weighted by atomic mass is 10.2. The number of nitriles is 1. The normalized spacial score (nSPS) is 14.9. The first-order valence-electron chi connectivity index (χ1n) is 6.73. The molecule has 0 unspecified atom stereocenters. The number of piperazine rings is 1. The molecule has 0 aliphatic carbocycles. The Hall–Kier alpha value is -2.13. The fourth-order valence-corrected chi connectivity index (χ4v) is 2.78. The quantitative estimate of drug-likeness (QED) is 0.838. The first-order valence-corrected chi connectivity index (χ1v) is 7.52. The van der Waals surface area contributed by atoms with Crippen LogP contribution < -0.4 is 9.80 Å². The van der Waals surface area contributed by atoms with Crippen LogP contribution in [0, 0.1) is 11.3 Å². The van der Waals surface area contributed by atoms with Gasteiger partial charge in [0.15, 0.2) is 0 Å². The molecule has 106 valence electrons. The van der Waals surface area contributed by atoms with Crippen LogP contribution in [0.15, 0.2) is 41.3 Å². The SMILES string of the molecule is N#Cc1ccnc(N2CCN(c3cncc(Br)c3)CC2)c1. The molecule has 1 aliphatic rings.